The number of hydrogen-bond donors (Lipinski definition) is 2. The van der Waals surface area contributed by atoms with Crippen LogP contribution < -0.4 is 10.1 Å². The molecule has 0 aliphatic rings. The van der Waals surface area contributed by atoms with Gasteiger partial charge in [-0.15, -0.1) is 0 Å². The molecule has 25 heavy (non-hydrogen) atoms. The Kier molecular flexibility index (Phi) is 6.47. The molecule has 0 radical (unpaired) electrons. The zero-order chi connectivity index (χ0) is 18.2. The molecule has 1 aromatic heterocycles. The van der Waals surface area contributed by atoms with Crippen molar-refractivity contribution in [3.8, 4) is 5.75 Å². The van der Waals surface area contributed by atoms with Gasteiger partial charge in [0.25, 0.3) is 5.91 Å². The van der Waals surface area contributed by atoms with E-state index in [1.807, 2.05) is 0 Å². The van der Waals surface area contributed by atoms with Crippen LogP contribution in [0.25, 0.3) is 0 Å². The van der Waals surface area contributed by atoms with Crippen LogP contribution in [0.1, 0.15) is 28.5 Å². The molecule has 2 aromatic rings. The second-order valence-corrected chi connectivity index (χ2v) is 5.19. The van der Waals surface area contributed by atoms with E-state index in [2.05, 4.69) is 15.5 Å². The van der Waals surface area contributed by atoms with Gasteiger partial charge in [-0.1, -0.05) is 11.2 Å². The van der Waals surface area contributed by atoms with Crippen LogP contribution >= 0.6 is 0 Å². The number of carboxylic acid groups (broad SMARTS) is 1. The maximum absolute atomic E-state index is 12.2. The van der Waals surface area contributed by atoms with E-state index in [0.717, 1.165) is 0 Å². The van der Waals surface area contributed by atoms with Crippen molar-refractivity contribution in [2.75, 3.05) is 13.7 Å². The van der Waals surface area contributed by atoms with Crippen molar-refractivity contribution < 1.29 is 28.7 Å². The largest absolute Gasteiger partial charge is 0.485 e. The molecular weight excluding hydrogens is 330 g/mol. The van der Waals surface area contributed by atoms with Crippen molar-refractivity contribution in [3.05, 3.63) is 41.5 Å². The van der Waals surface area contributed by atoms with Crippen LogP contribution in [0.4, 0.5) is 0 Å². The fourth-order valence-electron chi connectivity index (χ4n) is 2.01. The first kappa shape index (κ1) is 18.4. The number of nitrogens with one attached hydrogen (secondary N) is 1. The second kappa shape index (κ2) is 8.78. The zero-order valence-corrected chi connectivity index (χ0v) is 13.9. The molecule has 2 rings (SSSR count). The summed E-state index contributed by atoms with van der Waals surface area (Å²) in [7, 11) is 1.47. The number of rotatable bonds is 9. The highest BCUT2D eigenvalue weighted by Gasteiger charge is 2.20. The Morgan fingerprint density at radius 3 is 2.84 bits per heavy atom. The van der Waals surface area contributed by atoms with Gasteiger partial charge < -0.3 is 24.4 Å². The summed E-state index contributed by atoms with van der Waals surface area (Å²) in [5.41, 5.74) is 0.283. The van der Waals surface area contributed by atoms with Crippen LogP contribution in [-0.2, 0) is 16.1 Å². The number of ether oxygens (including phenoxy) is 2. The lowest BCUT2D eigenvalue weighted by atomic mass is 10.1. The topological polar surface area (TPSA) is 124 Å². The number of aryl methyl sites for hydroxylation is 1. The Labute approximate surface area is 143 Å². The lowest BCUT2D eigenvalue weighted by molar-refractivity contribution is -0.139. The highest BCUT2D eigenvalue weighted by Crippen LogP contribution is 2.15. The van der Waals surface area contributed by atoms with Crippen LogP contribution in [0.2, 0.25) is 0 Å². The maximum atomic E-state index is 12.2. The van der Waals surface area contributed by atoms with E-state index in [1.54, 1.807) is 25.1 Å². The van der Waals surface area contributed by atoms with Gasteiger partial charge in [-0.25, -0.2) is 4.79 Å². The van der Waals surface area contributed by atoms with Gasteiger partial charge in [-0.3, -0.25) is 4.79 Å². The molecule has 0 fully saturated rings. The van der Waals surface area contributed by atoms with Crippen molar-refractivity contribution in [2.24, 2.45) is 0 Å². The maximum Gasteiger partial charge on any atom is 0.326 e. The van der Waals surface area contributed by atoms with Gasteiger partial charge in [0.1, 0.15) is 11.8 Å². The number of benzene rings is 1. The van der Waals surface area contributed by atoms with Gasteiger partial charge >= 0.3 is 5.97 Å². The third-order valence-corrected chi connectivity index (χ3v) is 3.25. The number of hydrogen-bond acceptors (Lipinski definition) is 7. The van der Waals surface area contributed by atoms with Gasteiger partial charge in [0.2, 0.25) is 11.7 Å². The third-order valence-electron chi connectivity index (χ3n) is 3.25. The average molecular weight is 349 g/mol. The Hall–Kier alpha value is -2.94. The van der Waals surface area contributed by atoms with Crippen molar-refractivity contribution in [1.82, 2.24) is 15.5 Å². The molecule has 0 spiro atoms. The van der Waals surface area contributed by atoms with Gasteiger partial charge in [0.15, 0.2) is 6.61 Å². The third kappa shape index (κ3) is 5.57. The summed E-state index contributed by atoms with van der Waals surface area (Å²) >= 11 is 0. The van der Waals surface area contributed by atoms with Crippen molar-refractivity contribution in [3.63, 3.8) is 0 Å². The number of carbonyl (C=O) groups is 2. The predicted octanol–water partition coefficient (Wildman–Crippen LogP) is 1.18. The first-order valence-corrected chi connectivity index (χ1v) is 7.54. The number of amides is 1. The molecule has 2 N–H and O–H groups in total. The summed E-state index contributed by atoms with van der Waals surface area (Å²) in [6.07, 6.45) is 0.172. The molecule has 1 amide bonds. The zero-order valence-electron chi connectivity index (χ0n) is 13.9. The van der Waals surface area contributed by atoms with Crippen molar-refractivity contribution in [1.29, 1.82) is 0 Å². The molecule has 0 saturated heterocycles. The van der Waals surface area contributed by atoms with Gasteiger partial charge in [-0.05, 0) is 18.2 Å². The minimum atomic E-state index is -1.12. The van der Waals surface area contributed by atoms with Crippen LogP contribution in [0.5, 0.6) is 5.75 Å². The molecule has 9 nitrogen and oxygen atoms in total. The van der Waals surface area contributed by atoms with E-state index in [4.69, 9.17) is 19.1 Å². The minimum absolute atomic E-state index is 0.0913. The fraction of sp³-hybridized carbons (Fsp3) is 0.375. The fourth-order valence-corrected chi connectivity index (χ4v) is 2.01. The van der Waals surface area contributed by atoms with E-state index in [1.165, 1.54) is 13.2 Å². The number of aliphatic carboxylic acids is 1. The molecule has 0 bridgehead atoms. The Morgan fingerprint density at radius 1 is 1.40 bits per heavy atom. The molecule has 1 unspecified atom stereocenters. The number of nitrogens with zero attached hydrogens (tertiary/aromatic N) is 2. The van der Waals surface area contributed by atoms with E-state index >= 15 is 0 Å². The summed E-state index contributed by atoms with van der Waals surface area (Å²) in [6, 6.07) is 5.35. The molecule has 1 atom stereocenters. The lowest BCUT2D eigenvalue weighted by Gasteiger charge is -2.14. The number of aromatic nitrogens is 2. The highest BCUT2D eigenvalue weighted by molar-refractivity contribution is 5.96. The lowest BCUT2D eigenvalue weighted by Crippen LogP contribution is -2.41. The highest BCUT2D eigenvalue weighted by atomic mass is 16.5. The smallest absolute Gasteiger partial charge is 0.326 e. The standard InChI is InChI=1S/C16H19N3O6/c1-10-17-14(19-25-10)9-24-12-5-3-4-11(8-12)15(20)18-13(16(21)22)6-7-23-2/h3-5,8,13H,6-7,9H2,1-2H3,(H,18,20)(H,21,22). The Balaban J connectivity index is 1.98. The SMILES string of the molecule is COCCC(NC(=O)c1cccc(OCc2noc(C)n2)c1)C(=O)O. The molecule has 1 heterocycles. The number of methoxy groups -OCH3 is 1. The van der Waals surface area contributed by atoms with Crippen molar-refractivity contribution >= 4 is 11.9 Å². The molecule has 0 aliphatic heterocycles. The van der Waals surface area contributed by atoms with Gasteiger partial charge in [0.05, 0.1) is 0 Å². The predicted molar refractivity (Wildman–Crippen MR) is 85.2 cm³/mol. The van der Waals surface area contributed by atoms with Crippen molar-refractivity contribution in [2.45, 2.75) is 26.0 Å². The Morgan fingerprint density at radius 2 is 2.20 bits per heavy atom. The summed E-state index contributed by atoms with van der Waals surface area (Å²) in [5.74, 6) is -0.381. The van der Waals surface area contributed by atoms with E-state index in [9.17, 15) is 9.59 Å². The monoisotopic (exact) mass is 349 g/mol. The number of carboxylic acids is 1. The molecular formula is C16H19N3O6. The quantitative estimate of drug-likeness (QED) is 0.691. The van der Waals surface area contributed by atoms with Crippen LogP contribution in [0, 0.1) is 6.92 Å². The first-order chi connectivity index (χ1) is 12.0. The molecule has 134 valence electrons. The van der Waals surface area contributed by atoms with E-state index < -0.39 is 17.9 Å². The first-order valence-electron chi connectivity index (χ1n) is 7.54. The number of carbonyl (C=O) groups excluding carboxylic acids is 1. The summed E-state index contributed by atoms with van der Waals surface area (Å²) in [5, 5.41) is 15.3. The normalized spacial score (nSPS) is 11.8. The summed E-state index contributed by atoms with van der Waals surface area (Å²) in [6.45, 7) is 1.99. The van der Waals surface area contributed by atoms with E-state index in [0.29, 0.717) is 17.5 Å². The average Bonchev–Trinajstić information content (AvgIpc) is 3.02. The van der Waals surface area contributed by atoms with Gasteiger partial charge in [-0.2, -0.15) is 4.98 Å². The molecule has 1 aromatic carbocycles. The van der Waals surface area contributed by atoms with Crippen LogP contribution in [0.15, 0.2) is 28.8 Å². The molecule has 0 aliphatic carbocycles. The summed E-state index contributed by atoms with van der Waals surface area (Å²) in [4.78, 5) is 27.4. The Bertz CT molecular complexity index is 730. The van der Waals surface area contributed by atoms with Crippen LogP contribution in [0.3, 0.4) is 0 Å². The molecule has 9 heteroatoms. The van der Waals surface area contributed by atoms with Gasteiger partial charge in [0, 0.05) is 32.6 Å². The van der Waals surface area contributed by atoms with Crippen LogP contribution in [-0.4, -0.2) is 46.9 Å². The summed E-state index contributed by atoms with van der Waals surface area (Å²) < 4.78 is 15.2. The van der Waals surface area contributed by atoms with E-state index in [-0.39, 0.29) is 25.2 Å². The second-order valence-electron chi connectivity index (χ2n) is 5.19. The minimum Gasteiger partial charge on any atom is -0.485 e. The molecule has 0 saturated carbocycles.